The lowest BCUT2D eigenvalue weighted by atomic mass is 9.89. The van der Waals surface area contributed by atoms with Crippen LogP contribution in [0.4, 0.5) is 0 Å². The number of guanidine groups is 1. The third-order valence-corrected chi connectivity index (χ3v) is 5.37. The number of ether oxygens (including phenoxy) is 1. The van der Waals surface area contributed by atoms with Crippen molar-refractivity contribution in [1.82, 2.24) is 15.5 Å². The molecule has 1 saturated carbocycles. The van der Waals surface area contributed by atoms with Gasteiger partial charge in [0.15, 0.2) is 5.96 Å². The summed E-state index contributed by atoms with van der Waals surface area (Å²) in [5, 5.41) is 6.82. The maximum Gasteiger partial charge on any atom is 0.243 e. The third-order valence-electron chi connectivity index (χ3n) is 5.37. The Morgan fingerprint density at radius 1 is 1.14 bits per heavy atom. The fourth-order valence-electron chi connectivity index (χ4n) is 3.67. The number of carbonyl (C=O) groups is 1. The van der Waals surface area contributed by atoms with Gasteiger partial charge in [-0.2, -0.15) is 0 Å². The first-order chi connectivity index (χ1) is 13.1. The van der Waals surface area contributed by atoms with Gasteiger partial charge in [0.2, 0.25) is 5.91 Å². The lowest BCUT2D eigenvalue weighted by molar-refractivity contribution is -0.127. The Labute approximate surface area is 185 Å². The van der Waals surface area contributed by atoms with Gasteiger partial charge in [-0.05, 0) is 30.4 Å². The predicted molar refractivity (Wildman–Crippen MR) is 124 cm³/mol. The van der Waals surface area contributed by atoms with Crippen molar-refractivity contribution in [2.75, 3.05) is 33.7 Å². The van der Waals surface area contributed by atoms with Gasteiger partial charge in [0, 0.05) is 27.1 Å². The molecule has 0 aromatic heterocycles. The molecule has 1 aromatic carbocycles. The van der Waals surface area contributed by atoms with Crippen LogP contribution >= 0.6 is 24.0 Å². The molecule has 2 aliphatic rings. The number of hydrogen-bond donors (Lipinski definition) is 2. The lowest BCUT2D eigenvalue weighted by Gasteiger charge is -2.23. The minimum Gasteiger partial charge on any atom is -0.488 e. The molecule has 0 bridgehead atoms. The van der Waals surface area contributed by atoms with E-state index in [0.717, 1.165) is 18.7 Å². The molecule has 1 atom stereocenters. The minimum atomic E-state index is -0.00159. The molecule has 1 fully saturated rings. The topological polar surface area (TPSA) is 66.0 Å². The average Bonchev–Trinajstić information content (AvgIpc) is 3.10. The van der Waals surface area contributed by atoms with E-state index in [4.69, 9.17) is 4.74 Å². The highest BCUT2D eigenvalue weighted by molar-refractivity contribution is 14.0. The summed E-state index contributed by atoms with van der Waals surface area (Å²) in [6.45, 7) is 1.73. The van der Waals surface area contributed by atoms with Crippen LogP contribution in [-0.2, 0) is 11.2 Å². The number of hydrogen-bond acceptors (Lipinski definition) is 3. The van der Waals surface area contributed by atoms with E-state index in [-0.39, 0.29) is 42.5 Å². The largest absolute Gasteiger partial charge is 0.488 e. The number of fused-ring (bicyclic) bond motifs is 1. The molecule has 7 heteroatoms. The fraction of sp³-hybridized carbons (Fsp3) is 0.619. The molecule has 1 heterocycles. The van der Waals surface area contributed by atoms with E-state index in [2.05, 4.69) is 21.7 Å². The number of likely N-dealkylation sites (N-methyl/N-ethyl adjacent to an activating group) is 1. The molecule has 156 valence electrons. The van der Waals surface area contributed by atoms with Gasteiger partial charge < -0.3 is 20.3 Å². The molecule has 28 heavy (non-hydrogen) atoms. The maximum absolute atomic E-state index is 11.9. The van der Waals surface area contributed by atoms with E-state index >= 15 is 0 Å². The van der Waals surface area contributed by atoms with Crippen molar-refractivity contribution in [2.24, 2.45) is 10.9 Å². The Bertz CT molecular complexity index is 635. The van der Waals surface area contributed by atoms with Crippen LogP contribution in [0, 0.1) is 5.92 Å². The summed E-state index contributed by atoms with van der Waals surface area (Å²) >= 11 is 0. The highest BCUT2D eigenvalue weighted by Crippen LogP contribution is 2.27. The molecule has 0 saturated heterocycles. The van der Waals surface area contributed by atoms with Crippen molar-refractivity contribution in [1.29, 1.82) is 0 Å². The monoisotopic (exact) mass is 500 g/mol. The second kappa shape index (κ2) is 11.5. The summed E-state index contributed by atoms with van der Waals surface area (Å²) in [4.78, 5) is 18.0. The Hall–Kier alpha value is -1.51. The molecule has 6 nitrogen and oxygen atoms in total. The van der Waals surface area contributed by atoms with Crippen molar-refractivity contribution in [3.8, 4) is 5.75 Å². The van der Waals surface area contributed by atoms with Gasteiger partial charge >= 0.3 is 0 Å². The van der Waals surface area contributed by atoms with Crippen molar-refractivity contribution in [3.05, 3.63) is 29.8 Å². The smallest absolute Gasteiger partial charge is 0.243 e. The standard InChI is InChI=1S/C21H32N4O2.HI/c1-25(2)20(26)15-24-21(22-13-16-8-4-3-5-9-16)23-14-18-12-17-10-6-7-11-19(17)27-18;/h6-7,10-11,16,18H,3-5,8-9,12-15H2,1-2H3,(H2,22,23,24);1H. The Kier molecular flexibility index (Phi) is 9.34. The maximum atomic E-state index is 11.9. The molecule has 3 rings (SSSR count). The van der Waals surface area contributed by atoms with Gasteiger partial charge in [-0.25, -0.2) is 4.99 Å². The van der Waals surface area contributed by atoms with E-state index in [1.807, 2.05) is 18.2 Å². The van der Waals surface area contributed by atoms with Crippen LogP contribution in [0.15, 0.2) is 29.3 Å². The lowest BCUT2D eigenvalue weighted by Crippen LogP contribution is -2.44. The first kappa shape index (κ1) is 22.8. The Morgan fingerprint density at radius 2 is 1.86 bits per heavy atom. The summed E-state index contributed by atoms with van der Waals surface area (Å²) in [6.07, 6.45) is 7.53. The minimum absolute atomic E-state index is 0. The first-order valence-electron chi connectivity index (χ1n) is 10.1. The van der Waals surface area contributed by atoms with E-state index in [1.165, 1.54) is 37.7 Å². The molecule has 1 unspecified atom stereocenters. The van der Waals surface area contributed by atoms with E-state index < -0.39 is 0 Å². The van der Waals surface area contributed by atoms with E-state index in [1.54, 1.807) is 19.0 Å². The number of rotatable bonds is 6. The normalized spacial score (nSPS) is 19.2. The molecular formula is C21H33IN4O2. The van der Waals surface area contributed by atoms with Crippen molar-refractivity contribution in [3.63, 3.8) is 0 Å². The number of carbonyl (C=O) groups excluding carboxylic acids is 1. The first-order valence-corrected chi connectivity index (χ1v) is 10.1. The highest BCUT2D eigenvalue weighted by Gasteiger charge is 2.22. The summed E-state index contributed by atoms with van der Waals surface area (Å²) in [5.74, 6) is 2.37. The third kappa shape index (κ3) is 6.83. The number of nitrogens with zero attached hydrogens (tertiary/aromatic N) is 2. The van der Waals surface area contributed by atoms with E-state index in [0.29, 0.717) is 18.4 Å². The van der Waals surface area contributed by atoms with Crippen molar-refractivity contribution >= 4 is 35.8 Å². The van der Waals surface area contributed by atoms with Gasteiger partial charge in [0.1, 0.15) is 18.4 Å². The molecule has 0 spiro atoms. The van der Waals surface area contributed by atoms with Crippen LogP contribution in [0.2, 0.25) is 0 Å². The van der Waals surface area contributed by atoms with Gasteiger partial charge in [0.25, 0.3) is 0 Å². The Balaban J connectivity index is 0.00000280. The predicted octanol–water partition coefficient (Wildman–Crippen LogP) is 2.81. The van der Waals surface area contributed by atoms with Crippen LogP contribution < -0.4 is 15.4 Å². The number of para-hydroxylation sites is 1. The fourth-order valence-corrected chi connectivity index (χ4v) is 3.67. The summed E-state index contributed by atoms with van der Waals surface area (Å²) in [6, 6.07) is 8.17. The van der Waals surface area contributed by atoms with Crippen molar-refractivity contribution < 1.29 is 9.53 Å². The van der Waals surface area contributed by atoms with Crippen LogP contribution in [0.25, 0.3) is 0 Å². The second-order valence-electron chi connectivity index (χ2n) is 7.77. The van der Waals surface area contributed by atoms with Crippen LogP contribution in [-0.4, -0.2) is 56.6 Å². The van der Waals surface area contributed by atoms with Gasteiger partial charge in [-0.1, -0.05) is 37.5 Å². The quantitative estimate of drug-likeness (QED) is 0.358. The number of amides is 1. The van der Waals surface area contributed by atoms with E-state index in [9.17, 15) is 4.79 Å². The molecule has 2 N–H and O–H groups in total. The second-order valence-corrected chi connectivity index (χ2v) is 7.77. The number of halogens is 1. The average molecular weight is 500 g/mol. The molecule has 1 aliphatic heterocycles. The summed E-state index contributed by atoms with van der Waals surface area (Å²) < 4.78 is 6.00. The van der Waals surface area contributed by atoms with Crippen LogP contribution in [0.5, 0.6) is 5.75 Å². The number of aliphatic imine (C=N–C) groups is 1. The number of nitrogens with one attached hydrogen (secondary N) is 2. The zero-order valence-corrected chi connectivity index (χ0v) is 19.3. The zero-order valence-electron chi connectivity index (χ0n) is 16.9. The SMILES string of the molecule is CN(C)C(=O)CN=C(NCC1CCCCC1)NCC1Cc2ccccc2O1.I. The highest BCUT2D eigenvalue weighted by atomic mass is 127. The zero-order chi connectivity index (χ0) is 19.1. The van der Waals surface area contributed by atoms with Crippen molar-refractivity contribution in [2.45, 2.75) is 44.6 Å². The molecule has 1 amide bonds. The van der Waals surface area contributed by atoms with Gasteiger partial charge in [-0.3, -0.25) is 4.79 Å². The van der Waals surface area contributed by atoms with Gasteiger partial charge in [-0.15, -0.1) is 24.0 Å². The van der Waals surface area contributed by atoms with Crippen LogP contribution in [0.3, 0.4) is 0 Å². The molecule has 1 aromatic rings. The molecule has 1 aliphatic carbocycles. The molecule has 0 radical (unpaired) electrons. The summed E-state index contributed by atoms with van der Waals surface area (Å²) in [7, 11) is 3.51. The van der Waals surface area contributed by atoms with Crippen LogP contribution in [0.1, 0.15) is 37.7 Å². The summed E-state index contributed by atoms with van der Waals surface area (Å²) in [5.41, 5.74) is 1.25. The molecular weight excluding hydrogens is 467 g/mol. The van der Waals surface area contributed by atoms with Gasteiger partial charge in [0.05, 0.1) is 6.54 Å². The Morgan fingerprint density at radius 3 is 2.57 bits per heavy atom. The number of benzene rings is 1.